The second-order valence-corrected chi connectivity index (χ2v) is 5.66. The first-order chi connectivity index (χ1) is 8.27. The molecule has 7 nitrogen and oxygen atoms in total. The molecule has 0 amide bonds. The molecule has 18 heavy (non-hydrogen) atoms. The van der Waals surface area contributed by atoms with Gasteiger partial charge in [-0.1, -0.05) is 6.92 Å². The van der Waals surface area contributed by atoms with E-state index in [9.17, 15) is 18.0 Å². The standard InChI is InChI=1S/C9H10O7S2/c1-2-3-16-9(12)7-6(18(13,14)15)4-5(17-7)8(10)11/h4H,2-3H2,1H3,(H,10,11)(H,13,14,15). The maximum Gasteiger partial charge on any atom is 0.349 e. The number of aromatic carboxylic acids is 1. The molecule has 1 aromatic rings. The zero-order chi connectivity index (χ0) is 13.9. The summed E-state index contributed by atoms with van der Waals surface area (Å²) in [7, 11) is -4.67. The summed E-state index contributed by atoms with van der Waals surface area (Å²) < 4.78 is 35.7. The summed E-state index contributed by atoms with van der Waals surface area (Å²) in [5.74, 6) is -2.36. The molecule has 0 aliphatic carbocycles. The minimum absolute atomic E-state index is 0.0735. The van der Waals surface area contributed by atoms with Crippen LogP contribution in [-0.2, 0) is 14.9 Å². The van der Waals surface area contributed by atoms with Gasteiger partial charge in [-0.05, 0) is 12.5 Å². The number of rotatable bonds is 5. The first-order valence-electron chi connectivity index (χ1n) is 4.79. The molecule has 0 saturated heterocycles. The summed E-state index contributed by atoms with van der Waals surface area (Å²) in [4.78, 5) is 20.7. The van der Waals surface area contributed by atoms with Crippen LogP contribution in [0.5, 0.6) is 0 Å². The Morgan fingerprint density at radius 2 is 2.06 bits per heavy atom. The number of thiophene rings is 1. The monoisotopic (exact) mass is 294 g/mol. The summed E-state index contributed by atoms with van der Waals surface area (Å²) in [6.45, 7) is 1.82. The molecule has 0 fully saturated rings. The Morgan fingerprint density at radius 1 is 1.44 bits per heavy atom. The average molecular weight is 294 g/mol. The van der Waals surface area contributed by atoms with Crippen molar-refractivity contribution in [3.8, 4) is 0 Å². The van der Waals surface area contributed by atoms with Crippen LogP contribution in [0.1, 0.15) is 32.7 Å². The van der Waals surface area contributed by atoms with Gasteiger partial charge in [-0.15, -0.1) is 11.3 Å². The minimum atomic E-state index is -4.67. The van der Waals surface area contributed by atoms with Crippen LogP contribution in [0.3, 0.4) is 0 Å². The van der Waals surface area contributed by atoms with Crippen molar-refractivity contribution in [3.05, 3.63) is 15.8 Å². The predicted molar refractivity (Wildman–Crippen MR) is 61.7 cm³/mol. The number of carbonyl (C=O) groups excluding carboxylic acids is 1. The van der Waals surface area contributed by atoms with Gasteiger partial charge in [0.15, 0.2) is 0 Å². The van der Waals surface area contributed by atoms with Crippen molar-refractivity contribution in [1.82, 2.24) is 0 Å². The summed E-state index contributed by atoms with van der Waals surface area (Å²) >= 11 is 0.440. The summed E-state index contributed by atoms with van der Waals surface area (Å²) in [5.41, 5.74) is 0. The first-order valence-corrected chi connectivity index (χ1v) is 7.04. The Hall–Kier alpha value is -1.45. The highest BCUT2D eigenvalue weighted by molar-refractivity contribution is 7.86. The molecule has 0 bridgehead atoms. The summed E-state index contributed by atoms with van der Waals surface area (Å²) in [5, 5.41) is 8.73. The number of ether oxygens (including phenoxy) is 1. The van der Waals surface area contributed by atoms with Crippen molar-refractivity contribution >= 4 is 33.4 Å². The molecule has 1 rings (SSSR count). The number of carboxylic acid groups (broad SMARTS) is 1. The van der Waals surface area contributed by atoms with E-state index in [1.54, 1.807) is 6.92 Å². The summed E-state index contributed by atoms with van der Waals surface area (Å²) in [6, 6.07) is 0.727. The summed E-state index contributed by atoms with van der Waals surface area (Å²) in [6.07, 6.45) is 0.532. The number of carboxylic acids is 1. The van der Waals surface area contributed by atoms with Crippen molar-refractivity contribution in [1.29, 1.82) is 0 Å². The van der Waals surface area contributed by atoms with Gasteiger partial charge < -0.3 is 9.84 Å². The van der Waals surface area contributed by atoms with E-state index < -0.39 is 31.8 Å². The number of carbonyl (C=O) groups is 2. The van der Waals surface area contributed by atoms with E-state index in [-0.39, 0.29) is 11.5 Å². The fourth-order valence-corrected chi connectivity index (χ4v) is 2.96. The normalized spacial score (nSPS) is 11.2. The molecule has 0 atom stereocenters. The quantitative estimate of drug-likeness (QED) is 0.620. The topological polar surface area (TPSA) is 118 Å². The highest BCUT2D eigenvalue weighted by Crippen LogP contribution is 2.27. The van der Waals surface area contributed by atoms with Gasteiger partial charge in [0, 0.05) is 0 Å². The van der Waals surface area contributed by atoms with E-state index >= 15 is 0 Å². The maximum absolute atomic E-state index is 11.5. The van der Waals surface area contributed by atoms with Crippen molar-refractivity contribution in [2.45, 2.75) is 18.2 Å². The molecule has 0 radical (unpaired) electrons. The Morgan fingerprint density at radius 3 is 2.50 bits per heavy atom. The van der Waals surface area contributed by atoms with Crippen LogP contribution in [0.4, 0.5) is 0 Å². The van der Waals surface area contributed by atoms with Crippen LogP contribution in [0.2, 0.25) is 0 Å². The zero-order valence-electron chi connectivity index (χ0n) is 9.24. The van der Waals surface area contributed by atoms with Crippen molar-refractivity contribution in [3.63, 3.8) is 0 Å². The third-order valence-corrected chi connectivity index (χ3v) is 3.92. The van der Waals surface area contributed by atoms with E-state index in [4.69, 9.17) is 14.4 Å². The largest absolute Gasteiger partial charge is 0.477 e. The Kier molecular flexibility index (Phi) is 4.43. The Balaban J connectivity index is 3.24. The first kappa shape index (κ1) is 14.6. The molecule has 0 aliphatic heterocycles. The molecule has 9 heteroatoms. The number of hydrogen-bond donors (Lipinski definition) is 2. The van der Waals surface area contributed by atoms with Gasteiger partial charge in [-0.2, -0.15) is 8.42 Å². The van der Waals surface area contributed by atoms with Crippen LogP contribution in [-0.4, -0.2) is 36.6 Å². The van der Waals surface area contributed by atoms with Crippen LogP contribution >= 0.6 is 11.3 Å². The molecule has 0 spiro atoms. The fourth-order valence-electron chi connectivity index (χ4n) is 1.07. The van der Waals surface area contributed by atoms with E-state index in [0.717, 1.165) is 6.07 Å². The molecule has 0 unspecified atom stereocenters. The second kappa shape index (κ2) is 5.46. The number of esters is 1. The molecular weight excluding hydrogens is 284 g/mol. The molecule has 0 saturated carbocycles. The molecule has 100 valence electrons. The molecule has 1 aromatic heterocycles. The van der Waals surface area contributed by atoms with Crippen molar-refractivity contribution < 1.29 is 32.4 Å². The number of hydrogen-bond acceptors (Lipinski definition) is 6. The lowest BCUT2D eigenvalue weighted by atomic mass is 10.4. The van der Waals surface area contributed by atoms with Crippen LogP contribution in [0.25, 0.3) is 0 Å². The van der Waals surface area contributed by atoms with E-state index in [2.05, 4.69) is 0 Å². The molecule has 1 heterocycles. The fraction of sp³-hybridized carbons (Fsp3) is 0.333. The smallest absolute Gasteiger partial charge is 0.349 e. The maximum atomic E-state index is 11.5. The predicted octanol–water partition coefficient (Wildman–Crippen LogP) is 1.26. The molecule has 0 aromatic carbocycles. The van der Waals surface area contributed by atoms with Gasteiger partial charge in [0.2, 0.25) is 0 Å². The van der Waals surface area contributed by atoms with Crippen LogP contribution in [0, 0.1) is 0 Å². The third kappa shape index (κ3) is 3.28. The molecule has 2 N–H and O–H groups in total. The SMILES string of the molecule is CCCOC(=O)c1sc(C(=O)O)cc1S(=O)(=O)O. The lowest BCUT2D eigenvalue weighted by Crippen LogP contribution is -2.09. The lowest BCUT2D eigenvalue weighted by molar-refractivity contribution is 0.0506. The minimum Gasteiger partial charge on any atom is -0.477 e. The van der Waals surface area contributed by atoms with Gasteiger partial charge in [0.25, 0.3) is 10.1 Å². The van der Waals surface area contributed by atoms with E-state index in [0.29, 0.717) is 17.8 Å². The third-order valence-electron chi connectivity index (χ3n) is 1.81. The Labute approximate surface area is 107 Å². The van der Waals surface area contributed by atoms with E-state index in [1.807, 2.05) is 0 Å². The van der Waals surface area contributed by atoms with Crippen molar-refractivity contribution in [2.75, 3.05) is 6.61 Å². The van der Waals surface area contributed by atoms with Crippen LogP contribution in [0.15, 0.2) is 11.0 Å². The van der Waals surface area contributed by atoms with Gasteiger partial charge in [0.05, 0.1) is 6.61 Å². The van der Waals surface area contributed by atoms with Crippen LogP contribution < -0.4 is 0 Å². The highest BCUT2D eigenvalue weighted by Gasteiger charge is 2.27. The van der Waals surface area contributed by atoms with Gasteiger partial charge in [-0.3, -0.25) is 4.55 Å². The second-order valence-electron chi connectivity index (χ2n) is 3.22. The highest BCUT2D eigenvalue weighted by atomic mass is 32.2. The zero-order valence-corrected chi connectivity index (χ0v) is 10.9. The van der Waals surface area contributed by atoms with Gasteiger partial charge in [-0.25, -0.2) is 9.59 Å². The lowest BCUT2D eigenvalue weighted by Gasteiger charge is -2.01. The molecular formula is C9H10O7S2. The van der Waals surface area contributed by atoms with Gasteiger partial charge >= 0.3 is 11.9 Å². The van der Waals surface area contributed by atoms with E-state index in [1.165, 1.54) is 0 Å². The van der Waals surface area contributed by atoms with Crippen molar-refractivity contribution in [2.24, 2.45) is 0 Å². The van der Waals surface area contributed by atoms with Gasteiger partial charge in [0.1, 0.15) is 14.6 Å². The molecule has 0 aliphatic rings. The Bertz CT molecular complexity index is 570. The average Bonchev–Trinajstić information content (AvgIpc) is 2.70.